The Morgan fingerprint density at radius 3 is 2.68 bits per heavy atom. The lowest BCUT2D eigenvalue weighted by Gasteiger charge is -2.34. The third kappa shape index (κ3) is 4.91. The number of nitrogens with one attached hydrogen (secondary N) is 1. The molecular weight excluding hydrogens is 354 g/mol. The summed E-state index contributed by atoms with van der Waals surface area (Å²) >= 11 is 0. The SMILES string of the molecule is COc1ccc(C2=NN(CCC(=O)N[C@@H]3CCC[C@@H](C)[C@H]3C)C(=O)CC2)cc1. The van der Waals surface area contributed by atoms with E-state index in [0.29, 0.717) is 31.2 Å². The fraction of sp³-hybridized carbons (Fsp3) is 0.591. The molecule has 1 fully saturated rings. The Balaban J connectivity index is 1.57. The van der Waals surface area contributed by atoms with Crippen LogP contribution in [0.15, 0.2) is 29.4 Å². The van der Waals surface area contributed by atoms with Crippen molar-refractivity contribution in [1.29, 1.82) is 0 Å². The third-order valence-corrected chi connectivity index (χ3v) is 6.13. The first-order chi connectivity index (χ1) is 13.5. The van der Waals surface area contributed by atoms with Crippen LogP contribution in [-0.4, -0.2) is 42.2 Å². The summed E-state index contributed by atoms with van der Waals surface area (Å²) < 4.78 is 5.19. The highest BCUT2D eigenvalue weighted by atomic mass is 16.5. The molecule has 1 aliphatic carbocycles. The smallest absolute Gasteiger partial charge is 0.243 e. The number of amides is 2. The molecule has 2 amide bonds. The lowest BCUT2D eigenvalue weighted by Crippen LogP contribution is -2.44. The van der Waals surface area contributed by atoms with E-state index in [1.807, 2.05) is 24.3 Å². The Morgan fingerprint density at radius 2 is 1.96 bits per heavy atom. The van der Waals surface area contributed by atoms with Crippen LogP contribution in [0.1, 0.15) is 57.9 Å². The number of nitrogens with zero attached hydrogens (tertiary/aromatic N) is 2. The molecule has 1 heterocycles. The number of hydrazone groups is 1. The zero-order chi connectivity index (χ0) is 20.1. The van der Waals surface area contributed by atoms with E-state index in [9.17, 15) is 9.59 Å². The Hall–Kier alpha value is -2.37. The maximum atomic E-state index is 12.4. The highest BCUT2D eigenvalue weighted by Crippen LogP contribution is 2.29. The van der Waals surface area contributed by atoms with Crippen LogP contribution in [0.2, 0.25) is 0 Å². The van der Waals surface area contributed by atoms with Crippen LogP contribution in [0.5, 0.6) is 5.75 Å². The summed E-state index contributed by atoms with van der Waals surface area (Å²) in [7, 11) is 1.63. The summed E-state index contributed by atoms with van der Waals surface area (Å²) in [5.74, 6) is 1.90. The van der Waals surface area contributed by atoms with Crippen LogP contribution in [0, 0.1) is 11.8 Å². The number of hydrogen-bond donors (Lipinski definition) is 1. The molecule has 6 nitrogen and oxygen atoms in total. The van der Waals surface area contributed by atoms with E-state index in [4.69, 9.17) is 4.74 Å². The first-order valence-corrected chi connectivity index (χ1v) is 10.3. The molecule has 0 radical (unpaired) electrons. The van der Waals surface area contributed by atoms with Gasteiger partial charge in [-0.15, -0.1) is 0 Å². The first-order valence-electron chi connectivity index (χ1n) is 10.3. The average molecular weight is 386 g/mol. The molecule has 1 aromatic rings. The molecule has 1 saturated carbocycles. The normalized spacial score (nSPS) is 25.2. The molecule has 3 atom stereocenters. The molecule has 1 N–H and O–H groups in total. The van der Waals surface area contributed by atoms with Gasteiger partial charge in [-0.3, -0.25) is 9.59 Å². The van der Waals surface area contributed by atoms with Crippen molar-refractivity contribution in [1.82, 2.24) is 10.3 Å². The second-order valence-electron chi connectivity index (χ2n) is 7.98. The number of methoxy groups -OCH3 is 1. The second kappa shape index (κ2) is 9.22. The van der Waals surface area contributed by atoms with E-state index in [1.165, 1.54) is 11.4 Å². The second-order valence-corrected chi connectivity index (χ2v) is 7.98. The molecule has 28 heavy (non-hydrogen) atoms. The molecule has 0 aromatic heterocycles. The fourth-order valence-corrected chi connectivity index (χ4v) is 4.04. The molecule has 0 saturated heterocycles. The predicted molar refractivity (Wildman–Crippen MR) is 109 cm³/mol. The van der Waals surface area contributed by atoms with Crippen LogP contribution in [0.25, 0.3) is 0 Å². The number of rotatable bonds is 6. The van der Waals surface area contributed by atoms with E-state index < -0.39 is 0 Å². The van der Waals surface area contributed by atoms with Crippen molar-refractivity contribution >= 4 is 17.5 Å². The van der Waals surface area contributed by atoms with Crippen molar-refractivity contribution in [2.24, 2.45) is 16.9 Å². The molecule has 0 unspecified atom stereocenters. The minimum atomic E-state index is -0.0234. The number of carbonyl (C=O) groups is 2. The summed E-state index contributed by atoms with van der Waals surface area (Å²) in [6.45, 7) is 4.79. The summed E-state index contributed by atoms with van der Waals surface area (Å²) in [5, 5.41) is 9.14. The molecular formula is C22H31N3O3. The first kappa shape index (κ1) is 20.4. The Bertz CT molecular complexity index is 729. The topological polar surface area (TPSA) is 71.0 Å². The average Bonchev–Trinajstić information content (AvgIpc) is 2.71. The minimum Gasteiger partial charge on any atom is -0.497 e. The van der Waals surface area contributed by atoms with Gasteiger partial charge in [0.25, 0.3) is 0 Å². The quantitative estimate of drug-likeness (QED) is 0.816. The van der Waals surface area contributed by atoms with Gasteiger partial charge in [-0.2, -0.15) is 5.10 Å². The lowest BCUT2D eigenvalue weighted by atomic mass is 9.78. The summed E-state index contributed by atoms with van der Waals surface area (Å²) in [4.78, 5) is 24.7. The Kier molecular flexibility index (Phi) is 6.70. The molecule has 0 spiro atoms. The molecule has 2 aliphatic rings. The van der Waals surface area contributed by atoms with Gasteiger partial charge in [0.2, 0.25) is 11.8 Å². The van der Waals surface area contributed by atoms with Gasteiger partial charge in [0.1, 0.15) is 5.75 Å². The highest BCUT2D eigenvalue weighted by Gasteiger charge is 2.28. The maximum Gasteiger partial charge on any atom is 0.243 e. The minimum absolute atomic E-state index is 0.00511. The standard InChI is InChI=1S/C22H31N3O3/c1-15-5-4-6-19(16(15)2)23-21(26)13-14-25-22(27)12-11-20(24-25)17-7-9-18(28-3)10-8-17/h7-10,15-16,19H,4-6,11-14H2,1-3H3,(H,23,26)/t15-,16-,19-/m1/s1. The molecule has 0 bridgehead atoms. The van der Waals surface area contributed by atoms with Gasteiger partial charge in [0.15, 0.2) is 0 Å². The molecule has 1 aromatic carbocycles. The fourth-order valence-electron chi connectivity index (χ4n) is 4.04. The van der Waals surface area contributed by atoms with E-state index >= 15 is 0 Å². The number of carbonyl (C=O) groups excluding carboxylic acids is 2. The molecule has 3 rings (SSSR count). The predicted octanol–water partition coefficient (Wildman–Crippen LogP) is 3.35. The molecule has 152 valence electrons. The lowest BCUT2D eigenvalue weighted by molar-refractivity contribution is -0.132. The van der Waals surface area contributed by atoms with E-state index in [2.05, 4.69) is 24.3 Å². The molecule has 6 heteroatoms. The van der Waals surface area contributed by atoms with Gasteiger partial charge in [-0.1, -0.05) is 26.7 Å². The Labute approximate surface area is 167 Å². The molecule has 1 aliphatic heterocycles. The number of hydrogen-bond acceptors (Lipinski definition) is 4. The van der Waals surface area contributed by atoms with E-state index in [-0.39, 0.29) is 24.3 Å². The zero-order valence-electron chi connectivity index (χ0n) is 17.1. The van der Waals surface area contributed by atoms with Crippen LogP contribution < -0.4 is 10.1 Å². The summed E-state index contributed by atoms with van der Waals surface area (Å²) in [5.41, 5.74) is 1.85. The monoisotopic (exact) mass is 385 g/mol. The number of benzene rings is 1. The van der Waals surface area contributed by atoms with Gasteiger partial charge in [0.05, 0.1) is 19.4 Å². The third-order valence-electron chi connectivity index (χ3n) is 6.13. The Morgan fingerprint density at radius 1 is 1.21 bits per heavy atom. The van der Waals surface area contributed by atoms with Gasteiger partial charge < -0.3 is 10.1 Å². The van der Waals surface area contributed by atoms with Crippen molar-refractivity contribution in [2.45, 2.75) is 58.4 Å². The van der Waals surface area contributed by atoms with Gasteiger partial charge in [-0.05, 0) is 48.1 Å². The van der Waals surface area contributed by atoms with Gasteiger partial charge >= 0.3 is 0 Å². The van der Waals surface area contributed by atoms with E-state index in [1.54, 1.807) is 7.11 Å². The van der Waals surface area contributed by atoms with Crippen LogP contribution in [0.3, 0.4) is 0 Å². The maximum absolute atomic E-state index is 12.4. The van der Waals surface area contributed by atoms with Crippen molar-refractivity contribution in [3.8, 4) is 5.75 Å². The van der Waals surface area contributed by atoms with Crippen molar-refractivity contribution in [2.75, 3.05) is 13.7 Å². The summed E-state index contributed by atoms with van der Waals surface area (Å²) in [6, 6.07) is 7.91. The zero-order valence-corrected chi connectivity index (χ0v) is 17.1. The van der Waals surface area contributed by atoms with Crippen molar-refractivity contribution < 1.29 is 14.3 Å². The van der Waals surface area contributed by atoms with Crippen LogP contribution >= 0.6 is 0 Å². The summed E-state index contributed by atoms with van der Waals surface area (Å²) in [6.07, 6.45) is 4.76. The largest absolute Gasteiger partial charge is 0.497 e. The van der Waals surface area contributed by atoms with Crippen molar-refractivity contribution in [3.63, 3.8) is 0 Å². The van der Waals surface area contributed by atoms with Crippen molar-refractivity contribution in [3.05, 3.63) is 29.8 Å². The van der Waals surface area contributed by atoms with Gasteiger partial charge in [0, 0.05) is 25.3 Å². The van der Waals surface area contributed by atoms with Gasteiger partial charge in [-0.25, -0.2) is 5.01 Å². The number of ether oxygens (including phenoxy) is 1. The van der Waals surface area contributed by atoms with E-state index in [0.717, 1.165) is 29.9 Å². The van der Waals surface area contributed by atoms with Crippen LogP contribution in [-0.2, 0) is 9.59 Å². The highest BCUT2D eigenvalue weighted by molar-refractivity contribution is 6.04. The van der Waals surface area contributed by atoms with Crippen LogP contribution in [0.4, 0.5) is 0 Å².